The zero-order valence-electron chi connectivity index (χ0n) is 15.1. The Kier molecular flexibility index (Phi) is 5.35. The first-order valence-electron chi connectivity index (χ1n) is 8.10. The molecule has 0 bridgehead atoms. The number of methoxy groups -OCH3 is 1. The van der Waals surface area contributed by atoms with Gasteiger partial charge in [-0.15, -0.1) is 13.2 Å². The monoisotopic (exact) mass is 352 g/mol. The van der Waals surface area contributed by atoms with Crippen molar-refractivity contribution in [1.82, 2.24) is 0 Å². The van der Waals surface area contributed by atoms with Crippen LogP contribution in [0, 0.1) is 0 Å². The Morgan fingerprint density at radius 2 is 1.56 bits per heavy atom. The number of benzene rings is 2. The largest absolute Gasteiger partial charge is 0.573 e. The van der Waals surface area contributed by atoms with Crippen LogP contribution in [0.4, 0.5) is 13.2 Å². The molecular weight excluding hydrogens is 329 g/mol. The number of ether oxygens (including phenoxy) is 2. The lowest BCUT2D eigenvalue weighted by atomic mass is 9.77. The normalized spacial score (nSPS) is 12.4. The van der Waals surface area contributed by atoms with E-state index in [2.05, 4.69) is 18.6 Å². The fourth-order valence-corrected chi connectivity index (χ4v) is 2.93. The summed E-state index contributed by atoms with van der Waals surface area (Å²) in [5, 5.41) is 0. The molecule has 0 amide bonds. The minimum atomic E-state index is -4.73. The van der Waals surface area contributed by atoms with E-state index in [9.17, 15) is 13.2 Å². The molecule has 2 rings (SSSR count). The minimum absolute atomic E-state index is 0.188. The summed E-state index contributed by atoms with van der Waals surface area (Å²) in [5.74, 6) is 0.828. The van der Waals surface area contributed by atoms with E-state index in [-0.39, 0.29) is 11.7 Å². The summed E-state index contributed by atoms with van der Waals surface area (Å²) in [4.78, 5) is 0. The Labute approximate surface area is 146 Å². The molecule has 0 saturated heterocycles. The van der Waals surface area contributed by atoms with Crippen LogP contribution in [0.2, 0.25) is 0 Å². The van der Waals surface area contributed by atoms with Crippen LogP contribution in [0.1, 0.15) is 50.3 Å². The molecule has 0 saturated carbocycles. The molecule has 5 heteroatoms. The first-order valence-corrected chi connectivity index (χ1v) is 8.10. The first kappa shape index (κ1) is 19.2. The van der Waals surface area contributed by atoms with Crippen molar-refractivity contribution in [2.75, 3.05) is 7.11 Å². The zero-order chi connectivity index (χ0) is 18.8. The number of hydrogen-bond donors (Lipinski definition) is 0. The van der Waals surface area contributed by atoms with Gasteiger partial charge in [0.15, 0.2) is 0 Å². The first-order chi connectivity index (χ1) is 11.6. The van der Waals surface area contributed by atoms with Crippen molar-refractivity contribution in [3.8, 4) is 11.5 Å². The molecule has 0 aliphatic carbocycles. The van der Waals surface area contributed by atoms with Gasteiger partial charge in [0, 0.05) is 11.0 Å². The molecular formula is C20H23F3O2. The lowest BCUT2D eigenvalue weighted by Crippen LogP contribution is -2.24. The van der Waals surface area contributed by atoms with Crippen LogP contribution in [0.15, 0.2) is 42.5 Å². The SMILES string of the molecule is COc1cc(C(C)(C)c2ccccc2OC(F)(F)F)ccc1C(C)C. The topological polar surface area (TPSA) is 18.5 Å². The lowest BCUT2D eigenvalue weighted by Gasteiger charge is -2.29. The van der Waals surface area contributed by atoms with Gasteiger partial charge < -0.3 is 9.47 Å². The summed E-state index contributed by atoms with van der Waals surface area (Å²) >= 11 is 0. The molecule has 136 valence electrons. The molecule has 0 unspecified atom stereocenters. The third-order valence-corrected chi connectivity index (χ3v) is 4.36. The van der Waals surface area contributed by atoms with Gasteiger partial charge in [0.05, 0.1) is 7.11 Å². The molecule has 0 heterocycles. The summed E-state index contributed by atoms with van der Waals surface area (Å²) < 4.78 is 47.9. The average Bonchev–Trinajstić information content (AvgIpc) is 2.52. The van der Waals surface area contributed by atoms with E-state index in [4.69, 9.17) is 4.74 Å². The summed E-state index contributed by atoms with van der Waals surface area (Å²) in [6.45, 7) is 7.87. The fraction of sp³-hybridized carbons (Fsp3) is 0.400. The number of para-hydroxylation sites is 1. The quantitative estimate of drug-likeness (QED) is 0.653. The average molecular weight is 352 g/mol. The third-order valence-electron chi connectivity index (χ3n) is 4.36. The second kappa shape index (κ2) is 6.98. The highest BCUT2D eigenvalue weighted by Gasteiger charge is 2.35. The van der Waals surface area contributed by atoms with E-state index in [1.807, 2.05) is 32.0 Å². The molecule has 0 aromatic heterocycles. The summed E-state index contributed by atoms with van der Waals surface area (Å²) in [6, 6.07) is 12.0. The van der Waals surface area contributed by atoms with Crippen molar-refractivity contribution < 1.29 is 22.6 Å². The second-order valence-electron chi connectivity index (χ2n) is 6.78. The van der Waals surface area contributed by atoms with Crippen LogP contribution in [-0.2, 0) is 5.41 Å². The maximum absolute atomic E-state index is 12.7. The van der Waals surface area contributed by atoms with Gasteiger partial charge >= 0.3 is 6.36 Å². The van der Waals surface area contributed by atoms with Gasteiger partial charge in [-0.3, -0.25) is 0 Å². The second-order valence-corrected chi connectivity index (χ2v) is 6.78. The van der Waals surface area contributed by atoms with E-state index in [1.54, 1.807) is 19.2 Å². The molecule has 0 radical (unpaired) electrons. The Hall–Kier alpha value is -2.17. The number of alkyl halides is 3. The van der Waals surface area contributed by atoms with Crippen molar-refractivity contribution in [2.45, 2.75) is 45.4 Å². The Bertz CT molecular complexity index is 734. The van der Waals surface area contributed by atoms with Crippen LogP contribution in [0.5, 0.6) is 11.5 Å². The van der Waals surface area contributed by atoms with Crippen LogP contribution in [0.3, 0.4) is 0 Å². The van der Waals surface area contributed by atoms with Crippen molar-refractivity contribution >= 4 is 0 Å². The van der Waals surface area contributed by atoms with E-state index in [1.165, 1.54) is 12.1 Å². The highest BCUT2D eigenvalue weighted by Crippen LogP contribution is 2.41. The smallest absolute Gasteiger partial charge is 0.496 e. The van der Waals surface area contributed by atoms with Crippen LogP contribution >= 0.6 is 0 Å². The Balaban J connectivity index is 2.52. The van der Waals surface area contributed by atoms with Crippen LogP contribution in [0.25, 0.3) is 0 Å². The molecule has 25 heavy (non-hydrogen) atoms. The Morgan fingerprint density at radius 3 is 2.12 bits per heavy atom. The minimum Gasteiger partial charge on any atom is -0.496 e. The molecule has 2 nitrogen and oxygen atoms in total. The van der Waals surface area contributed by atoms with Crippen molar-refractivity contribution in [2.24, 2.45) is 0 Å². The van der Waals surface area contributed by atoms with Crippen LogP contribution in [-0.4, -0.2) is 13.5 Å². The number of hydrogen-bond acceptors (Lipinski definition) is 2. The maximum Gasteiger partial charge on any atom is 0.573 e. The van der Waals surface area contributed by atoms with Gasteiger partial charge in [-0.2, -0.15) is 0 Å². The van der Waals surface area contributed by atoms with E-state index < -0.39 is 11.8 Å². The molecule has 0 fully saturated rings. The van der Waals surface area contributed by atoms with Crippen molar-refractivity contribution in [3.63, 3.8) is 0 Å². The van der Waals surface area contributed by atoms with E-state index in [0.717, 1.165) is 16.9 Å². The molecule has 2 aromatic rings. The highest BCUT2D eigenvalue weighted by atomic mass is 19.4. The third kappa shape index (κ3) is 4.27. The molecule has 0 atom stereocenters. The highest BCUT2D eigenvalue weighted by molar-refractivity contribution is 5.49. The maximum atomic E-state index is 12.7. The molecule has 0 N–H and O–H groups in total. The van der Waals surface area contributed by atoms with Crippen molar-refractivity contribution in [1.29, 1.82) is 0 Å². The van der Waals surface area contributed by atoms with E-state index >= 15 is 0 Å². The standard InChI is InChI=1S/C20H23F3O2/c1-13(2)15-11-10-14(12-18(15)24-5)19(3,4)16-8-6-7-9-17(16)25-20(21,22)23/h6-13H,1-5H3. The fourth-order valence-electron chi connectivity index (χ4n) is 2.93. The summed E-state index contributed by atoms with van der Waals surface area (Å²) in [7, 11) is 1.60. The number of rotatable bonds is 5. The van der Waals surface area contributed by atoms with Gasteiger partial charge in [-0.1, -0.05) is 58.0 Å². The van der Waals surface area contributed by atoms with Gasteiger partial charge in [-0.25, -0.2) is 0 Å². The summed E-state index contributed by atoms with van der Waals surface area (Å²) in [5.41, 5.74) is 1.69. The molecule has 0 aliphatic rings. The lowest BCUT2D eigenvalue weighted by molar-refractivity contribution is -0.275. The van der Waals surface area contributed by atoms with E-state index in [0.29, 0.717) is 5.56 Å². The van der Waals surface area contributed by atoms with Gasteiger partial charge in [0.25, 0.3) is 0 Å². The zero-order valence-corrected chi connectivity index (χ0v) is 15.1. The Morgan fingerprint density at radius 1 is 0.920 bits per heavy atom. The molecule has 0 spiro atoms. The van der Waals surface area contributed by atoms with Gasteiger partial charge in [-0.05, 0) is 29.2 Å². The number of halogens is 3. The predicted molar refractivity (Wildman–Crippen MR) is 92.3 cm³/mol. The predicted octanol–water partition coefficient (Wildman–Crippen LogP) is 6.04. The van der Waals surface area contributed by atoms with Gasteiger partial charge in [0.1, 0.15) is 11.5 Å². The molecule has 2 aromatic carbocycles. The van der Waals surface area contributed by atoms with Gasteiger partial charge in [0.2, 0.25) is 0 Å². The summed E-state index contributed by atoms with van der Waals surface area (Å²) in [6.07, 6.45) is -4.73. The van der Waals surface area contributed by atoms with Crippen molar-refractivity contribution in [3.05, 3.63) is 59.2 Å². The molecule has 0 aliphatic heterocycles. The van der Waals surface area contributed by atoms with Crippen LogP contribution < -0.4 is 9.47 Å².